The van der Waals surface area contributed by atoms with Gasteiger partial charge in [0.2, 0.25) is 10.0 Å². The lowest BCUT2D eigenvalue weighted by Gasteiger charge is -2.35. The van der Waals surface area contributed by atoms with Crippen LogP contribution >= 0.6 is 0 Å². The zero-order valence-electron chi connectivity index (χ0n) is 11.6. The summed E-state index contributed by atoms with van der Waals surface area (Å²) in [5.41, 5.74) is 6.65. The summed E-state index contributed by atoms with van der Waals surface area (Å²) in [7, 11) is -3.80. The highest BCUT2D eigenvalue weighted by Crippen LogP contribution is 2.29. The molecule has 1 saturated heterocycles. The summed E-state index contributed by atoms with van der Waals surface area (Å²) in [6.45, 7) is 4.07. The third kappa shape index (κ3) is 3.41. The number of hydrogen-bond donors (Lipinski definition) is 2. The topological polar surface area (TPSA) is 98.7 Å². The number of anilines is 2. The van der Waals surface area contributed by atoms with E-state index >= 15 is 0 Å². The number of hydrogen-bond acceptors (Lipinski definition) is 5. The van der Waals surface area contributed by atoms with E-state index in [9.17, 15) is 8.42 Å². The quantitative estimate of drug-likeness (QED) is 0.806. The van der Waals surface area contributed by atoms with Crippen molar-refractivity contribution in [1.29, 1.82) is 0 Å². The summed E-state index contributed by atoms with van der Waals surface area (Å²) >= 11 is 0. The molecule has 1 atom stereocenters. The maximum atomic E-state index is 11.7. The molecule has 1 aromatic carbocycles. The molecule has 6 nitrogen and oxygen atoms in total. The van der Waals surface area contributed by atoms with Crippen LogP contribution in [0.1, 0.15) is 19.8 Å². The molecule has 112 valence electrons. The minimum absolute atomic E-state index is 0.0784. The van der Waals surface area contributed by atoms with Gasteiger partial charge in [-0.1, -0.05) is 0 Å². The summed E-state index contributed by atoms with van der Waals surface area (Å²) in [4.78, 5) is 2.08. The number of sulfonamides is 1. The van der Waals surface area contributed by atoms with Crippen molar-refractivity contribution in [3.05, 3.63) is 18.2 Å². The summed E-state index contributed by atoms with van der Waals surface area (Å²) in [6, 6.07) is 4.81. The first kappa shape index (κ1) is 15.1. The van der Waals surface area contributed by atoms with Crippen LogP contribution in [0.15, 0.2) is 23.1 Å². The molecule has 1 fully saturated rings. The average Bonchev–Trinajstić information content (AvgIpc) is 2.38. The van der Waals surface area contributed by atoms with Crippen molar-refractivity contribution in [2.75, 3.05) is 30.3 Å². The molecule has 20 heavy (non-hydrogen) atoms. The third-order valence-corrected chi connectivity index (χ3v) is 4.35. The van der Waals surface area contributed by atoms with E-state index < -0.39 is 10.0 Å². The van der Waals surface area contributed by atoms with E-state index in [-0.39, 0.29) is 11.0 Å². The van der Waals surface area contributed by atoms with Gasteiger partial charge in [-0.05, 0) is 38.0 Å². The van der Waals surface area contributed by atoms with Crippen LogP contribution < -0.4 is 15.8 Å². The smallest absolute Gasteiger partial charge is 0.240 e. The Balaban J connectivity index is 2.32. The highest BCUT2D eigenvalue weighted by atomic mass is 32.2. The first-order valence-electron chi connectivity index (χ1n) is 6.70. The van der Waals surface area contributed by atoms with E-state index in [4.69, 9.17) is 15.6 Å². The second-order valence-corrected chi connectivity index (χ2v) is 6.47. The molecule has 0 bridgehead atoms. The van der Waals surface area contributed by atoms with Gasteiger partial charge in [-0.3, -0.25) is 0 Å². The van der Waals surface area contributed by atoms with Crippen molar-refractivity contribution < 1.29 is 13.2 Å². The van der Waals surface area contributed by atoms with E-state index in [1.54, 1.807) is 12.1 Å². The molecule has 4 N–H and O–H groups in total. The summed E-state index contributed by atoms with van der Waals surface area (Å²) in [6.07, 6.45) is 2.07. The standard InChI is InChI=1S/C13H21N3O3S/c1-2-19-11-4-3-7-16(9-11)12-6-5-10(14)8-13(12)20(15,17)18/h5-6,8,11H,2-4,7,9,14H2,1H3,(H2,15,17,18). The van der Waals surface area contributed by atoms with Gasteiger partial charge < -0.3 is 15.4 Å². The van der Waals surface area contributed by atoms with Gasteiger partial charge in [0.05, 0.1) is 11.8 Å². The van der Waals surface area contributed by atoms with Crippen molar-refractivity contribution in [3.63, 3.8) is 0 Å². The maximum absolute atomic E-state index is 11.7. The second-order valence-electron chi connectivity index (χ2n) is 4.94. The largest absolute Gasteiger partial charge is 0.399 e. The van der Waals surface area contributed by atoms with Crippen LogP contribution in [0.4, 0.5) is 11.4 Å². The molecule has 0 amide bonds. The van der Waals surface area contributed by atoms with Crippen LogP contribution in [-0.4, -0.2) is 34.2 Å². The van der Waals surface area contributed by atoms with Crippen LogP contribution in [-0.2, 0) is 14.8 Å². The van der Waals surface area contributed by atoms with E-state index in [0.29, 0.717) is 24.5 Å². The van der Waals surface area contributed by atoms with Gasteiger partial charge in [-0.15, -0.1) is 0 Å². The first-order valence-corrected chi connectivity index (χ1v) is 8.25. The molecular weight excluding hydrogens is 278 g/mol. The number of nitrogen functional groups attached to an aromatic ring is 1. The highest BCUT2D eigenvalue weighted by molar-refractivity contribution is 7.89. The van der Waals surface area contributed by atoms with Crippen LogP contribution in [0.2, 0.25) is 0 Å². The zero-order valence-corrected chi connectivity index (χ0v) is 12.4. The SMILES string of the molecule is CCOC1CCCN(c2ccc(N)cc2S(N)(=O)=O)C1. The third-order valence-electron chi connectivity index (χ3n) is 3.41. The molecule has 7 heteroatoms. The van der Waals surface area contributed by atoms with Gasteiger partial charge >= 0.3 is 0 Å². The van der Waals surface area contributed by atoms with Gasteiger partial charge in [0.1, 0.15) is 4.90 Å². The van der Waals surface area contributed by atoms with E-state index in [2.05, 4.69) is 0 Å². The highest BCUT2D eigenvalue weighted by Gasteiger charge is 2.25. The van der Waals surface area contributed by atoms with Gasteiger partial charge in [0, 0.05) is 25.4 Å². The van der Waals surface area contributed by atoms with Gasteiger partial charge in [-0.2, -0.15) is 0 Å². The fourth-order valence-corrected chi connectivity index (χ4v) is 3.34. The minimum Gasteiger partial charge on any atom is -0.399 e. The molecule has 0 aliphatic carbocycles. The molecule has 1 heterocycles. The van der Waals surface area contributed by atoms with Crippen molar-refractivity contribution in [3.8, 4) is 0 Å². The average molecular weight is 299 g/mol. The Hall–Kier alpha value is -1.31. The number of piperidine rings is 1. The fourth-order valence-electron chi connectivity index (χ4n) is 2.55. The summed E-state index contributed by atoms with van der Waals surface area (Å²) in [5, 5.41) is 5.29. The van der Waals surface area contributed by atoms with Crippen LogP contribution in [0.25, 0.3) is 0 Å². The number of primary sulfonamides is 1. The predicted octanol–water partition coefficient (Wildman–Crippen LogP) is 0.922. The van der Waals surface area contributed by atoms with E-state index in [0.717, 1.165) is 19.4 Å². The second kappa shape index (κ2) is 5.99. The Morgan fingerprint density at radius 3 is 2.85 bits per heavy atom. The molecule has 1 aromatic rings. The molecule has 0 radical (unpaired) electrons. The molecule has 1 aliphatic heterocycles. The Morgan fingerprint density at radius 1 is 1.45 bits per heavy atom. The Labute approximate surface area is 119 Å². The monoisotopic (exact) mass is 299 g/mol. The Kier molecular flexibility index (Phi) is 4.52. The molecule has 2 rings (SSSR count). The van der Waals surface area contributed by atoms with Gasteiger partial charge in [-0.25, -0.2) is 13.6 Å². The number of nitrogens with zero attached hydrogens (tertiary/aromatic N) is 1. The van der Waals surface area contributed by atoms with Crippen molar-refractivity contribution >= 4 is 21.4 Å². The molecule has 0 saturated carbocycles. The number of benzene rings is 1. The van der Waals surface area contributed by atoms with Crippen molar-refractivity contribution in [1.82, 2.24) is 0 Å². The predicted molar refractivity (Wildman–Crippen MR) is 79.1 cm³/mol. The molecular formula is C13H21N3O3S. The van der Waals surface area contributed by atoms with Gasteiger partial charge in [0.15, 0.2) is 0 Å². The van der Waals surface area contributed by atoms with Crippen molar-refractivity contribution in [2.24, 2.45) is 5.14 Å². The fraction of sp³-hybridized carbons (Fsp3) is 0.538. The Bertz CT molecular complexity index is 572. The number of ether oxygens (including phenoxy) is 1. The maximum Gasteiger partial charge on any atom is 0.240 e. The zero-order chi connectivity index (χ0) is 14.8. The first-order chi connectivity index (χ1) is 9.41. The van der Waals surface area contributed by atoms with Crippen molar-refractivity contribution in [2.45, 2.75) is 30.8 Å². The van der Waals surface area contributed by atoms with Gasteiger partial charge in [0.25, 0.3) is 0 Å². The summed E-state index contributed by atoms with van der Waals surface area (Å²) in [5.74, 6) is 0. The lowest BCUT2D eigenvalue weighted by Crippen LogP contribution is -2.40. The number of nitrogens with two attached hydrogens (primary N) is 2. The van der Waals surface area contributed by atoms with E-state index in [1.807, 2.05) is 11.8 Å². The molecule has 1 unspecified atom stereocenters. The Morgan fingerprint density at radius 2 is 2.20 bits per heavy atom. The van der Waals surface area contributed by atoms with Crippen LogP contribution in [0.3, 0.4) is 0 Å². The van der Waals surface area contributed by atoms with Crippen LogP contribution in [0.5, 0.6) is 0 Å². The van der Waals surface area contributed by atoms with E-state index in [1.165, 1.54) is 6.07 Å². The lowest BCUT2D eigenvalue weighted by molar-refractivity contribution is 0.0526. The molecule has 1 aliphatic rings. The normalized spacial score (nSPS) is 20.1. The number of rotatable bonds is 4. The lowest BCUT2D eigenvalue weighted by atomic mass is 10.1. The summed E-state index contributed by atoms with van der Waals surface area (Å²) < 4.78 is 29.1. The molecule has 0 aromatic heterocycles. The van der Waals surface area contributed by atoms with Crippen LogP contribution in [0, 0.1) is 0 Å². The molecule has 0 spiro atoms. The minimum atomic E-state index is -3.80.